The quantitative estimate of drug-likeness (QED) is 0.375. The third-order valence-electron chi connectivity index (χ3n) is 3.33. The smallest absolute Gasteiger partial charge is 0.162 e. The molecule has 1 fully saturated rings. The fraction of sp³-hybridized carbons (Fsp3) is 1.00. The van der Waals surface area contributed by atoms with Gasteiger partial charge in [-0.2, -0.15) is 0 Å². The van der Waals surface area contributed by atoms with Gasteiger partial charge in [0.25, 0.3) is 0 Å². The standard InChI is InChI=1S/C10H20O4.2Ac/c1-9(2)6(5-11)14-8(13)10(3,4)7(9)12;;/h6-8,11-13H,5H2,1-4H3;;. The molecule has 2 radical (unpaired) electrons. The fourth-order valence-corrected chi connectivity index (χ4v) is 2.05. The van der Waals surface area contributed by atoms with E-state index in [9.17, 15) is 10.2 Å². The number of hydrogen-bond donors (Lipinski definition) is 3. The second-order valence-electron chi connectivity index (χ2n) is 5.20. The summed E-state index contributed by atoms with van der Waals surface area (Å²) < 4.78 is 5.28. The molecule has 1 aliphatic heterocycles. The summed E-state index contributed by atoms with van der Waals surface area (Å²) in [6, 6.07) is 0. The average molecular weight is 658 g/mol. The topological polar surface area (TPSA) is 69.9 Å². The van der Waals surface area contributed by atoms with Crippen LogP contribution in [0.4, 0.5) is 0 Å². The van der Waals surface area contributed by atoms with Gasteiger partial charge < -0.3 is 20.1 Å². The molecule has 16 heavy (non-hydrogen) atoms. The molecule has 6 heteroatoms. The van der Waals surface area contributed by atoms with Crippen molar-refractivity contribution >= 4 is 0 Å². The Morgan fingerprint density at radius 3 is 1.81 bits per heavy atom. The Kier molecular flexibility index (Phi) is 9.85. The largest absolute Gasteiger partial charge is 0.394 e. The minimum Gasteiger partial charge on any atom is -0.394 e. The van der Waals surface area contributed by atoms with E-state index in [0.717, 1.165) is 0 Å². The molecule has 0 aromatic carbocycles. The Balaban J connectivity index is 0. The maximum atomic E-state index is 10.1. The van der Waals surface area contributed by atoms with Gasteiger partial charge in [-0.25, -0.2) is 0 Å². The molecule has 0 amide bonds. The summed E-state index contributed by atoms with van der Waals surface area (Å²) >= 11 is 0. The minimum absolute atomic E-state index is 0. The van der Waals surface area contributed by atoms with E-state index >= 15 is 0 Å². The molecular formula is C10H20Ac2O4. The van der Waals surface area contributed by atoms with Crippen LogP contribution >= 0.6 is 0 Å². The molecule has 4 nitrogen and oxygen atoms in total. The SMILES string of the molecule is CC1(C)C(O)OC(CO)C(C)(C)C1O.[Ac].[Ac]. The molecule has 3 unspecified atom stereocenters. The van der Waals surface area contributed by atoms with Crippen LogP contribution in [0.15, 0.2) is 0 Å². The van der Waals surface area contributed by atoms with Gasteiger partial charge in [0.15, 0.2) is 6.29 Å². The van der Waals surface area contributed by atoms with Gasteiger partial charge in [0.2, 0.25) is 0 Å². The summed E-state index contributed by atoms with van der Waals surface area (Å²) in [7, 11) is 0. The average Bonchev–Trinajstić information content (AvgIpc) is 2.09. The van der Waals surface area contributed by atoms with E-state index in [4.69, 9.17) is 9.84 Å². The normalized spacial score (nSPS) is 35.8. The zero-order valence-corrected chi connectivity index (χ0v) is 19.8. The van der Waals surface area contributed by atoms with Crippen LogP contribution in [-0.4, -0.2) is 40.4 Å². The Hall–Kier alpha value is 2.72. The molecule has 3 N–H and O–H groups in total. The van der Waals surface area contributed by atoms with Crippen molar-refractivity contribution in [3.8, 4) is 0 Å². The molecule has 1 heterocycles. The molecule has 0 saturated carbocycles. The molecule has 0 aromatic heterocycles. The summed E-state index contributed by atoms with van der Waals surface area (Å²) in [6.07, 6.45) is -2.28. The van der Waals surface area contributed by atoms with Crippen LogP contribution < -0.4 is 0 Å². The van der Waals surface area contributed by atoms with Gasteiger partial charge in [0, 0.05) is 99.0 Å². The van der Waals surface area contributed by atoms with Crippen molar-refractivity contribution in [1.29, 1.82) is 0 Å². The van der Waals surface area contributed by atoms with Gasteiger partial charge in [-0.05, 0) is 0 Å². The number of rotatable bonds is 1. The van der Waals surface area contributed by atoms with Gasteiger partial charge in [0.1, 0.15) is 0 Å². The zero-order chi connectivity index (χ0) is 11.1. The maximum Gasteiger partial charge on any atom is 0.162 e. The molecule has 1 aliphatic rings. The van der Waals surface area contributed by atoms with Crippen molar-refractivity contribution < 1.29 is 108 Å². The van der Waals surface area contributed by atoms with Crippen LogP contribution in [0.5, 0.6) is 0 Å². The van der Waals surface area contributed by atoms with E-state index in [2.05, 4.69) is 0 Å². The van der Waals surface area contributed by atoms with Gasteiger partial charge in [-0.1, -0.05) is 27.7 Å². The molecule has 0 aliphatic carbocycles. The minimum atomic E-state index is -1.04. The van der Waals surface area contributed by atoms with E-state index in [-0.39, 0.29) is 94.7 Å². The molecule has 90 valence electrons. The predicted molar refractivity (Wildman–Crippen MR) is 51.5 cm³/mol. The number of ether oxygens (including phenoxy) is 1. The second-order valence-corrected chi connectivity index (χ2v) is 5.20. The van der Waals surface area contributed by atoms with Crippen LogP contribution in [0.2, 0.25) is 0 Å². The number of aliphatic hydroxyl groups excluding tert-OH is 3. The van der Waals surface area contributed by atoms with Gasteiger partial charge >= 0.3 is 0 Å². The Morgan fingerprint density at radius 1 is 1.00 bits per heavy atom. The van der Waals surface area contributed by atoms with E-state index in [1.54, 1.807) is 13.8 Å². The van der Waals surface area contributed by atoms with Crippen LogP contribution in [0.1, 0.15) is 27.7 Å². The van der Waals surface area contributed by atoms with Crippen molar-refractivity contribution in [1.82, 2.24) is 0 Å². The first-order valence-corrected chi connectivity index (χ1v) is 4.87. The summed E-state index contributed by atoms with van der Waals surface area (Å²) in [4.78, 5) is 0. The Morgan fingerprint density at radius 2 is 1.44 bits per heavy atom. The van der Waals surface area contributed by atoms with Gasteiger partial charge in [-0.15, -0.1) is 0 Å². The van der Waals surface area contributed by atoms with Crippen molar-refractivity contribution in [2.24, 2.45) is 10.8 Å². The first-order valence-electron chi connectivity index (χ1n) is 4.87. The molecule has 0 spiro atoms. The summed E-state index contributed by atoms with van der Waals surface area (Å²) in [5.41, 5.74) is -1.27. The molecule has 0 aromatic rings. The molecule has 3 atom stereocenters. The van der Waals surface area contributed by atoms with Crippen LogP contribution in [-0.2, 0) is 4.74 Å². The van der Waals surface area contributed by atoms with Gasteiger partial charge in [-0.3, -0.25) is 0 Å². The summed E-state index contributed by atoms with van der Waals surface area (Å²) in [5, 5.41) is 28.8. The van der Waals surface area contributed by atoms with Crippen LogP contribution in [0.3, 0.4) is 0 Å². The zero-order valence-electron chi connectivity index (χ0n) is 10.3. The van der Waals surface area contributed by atoms with E-state index in [1.165, 1.54) is 0 Å². The van der Waals surface area contributed by atoms with Crippen LogP contribution in [0, 0.1) is 99.0 Å². The van der Waals surface area contributed by atoms with E-state index in [1.807, 2.05) is 13.8 Å². The first kappa shape index (κ1) is 21.0. The Bertz CT molecular complexity index is 221. The van der Waals surface area contributed by atoms with E-state index < -0.39 is 29.3 Å². The molecule has 1 rings (SSSR count). The first-order chi connectivity index (χ1) is 6.24. The van der Waals surface area contributed by atoms with Crippen molar-refractivity contribution in [3.63, 3.8) is 0 Å². The van der Waals surface area contributed by atoms with Crippen molar-refractivity contribution in [2.45, 2.75) is 46.2 Å². The molecule has 0 bridgehead atoms. The third-order valence-corrected chi connectivity index (χ3v) is 3.33. The maximum absolute atomic E-state index is 10.1. The fourth-order valence-electron chi connectivity index (χ4n) is 2.05. The van der Waals surface area contributed by atoms with Crippen LogP contribution in [0.25, 0.3) is 0 Å². The Labute approximate surface area is 169 Å². The van der Waals surface area contributed by atoms with Gasteiger partial charge in [0.05, 0.1) is 18.8 Å². The second kappa shape index (κ2) is 7.49. The summed E-state index contributed by atoms with van der Waals surface area (Å²) in [5.74, 6) is 0. The molecular weight excluding hydrogens is 638 g/mol. The third kappa shape index (κ3) is 3.86. The number of hydrogen-bond acceptors (Lipinski definition) is 4. The molecule has 1 saturated heterocycles. The van der Waals surface area contributed by atoms with Crippen molar-refractivity contribution in [3.05, 3.63) is 0 Å². The predicted octanol–water partition coefficient (Wildman–Crippen LogP) is 0.109. The number of aliphatic hydroxyl groups is 3. The van der Waals surface area contributed by atoms with Crippen molar-refractivity contribution in [2.75, 3.05) is 6.61 Å². The monoisotopic (exact) mass is 658 g/mol. The summed E-state index contributed by atoms with van der Waals surface area (Å²) in [6.45, 7) is 6.95. The van der Waals surface area contributed by atoms with E-state index in [0.29, 0.717) is 0 Å².